The van der Waals surface area contributed by atoms with E-state index in [1.165, 1.54) is 24.3 Å². The Hall–Kier alpha value is -2.89. The van der Waals surface area contributed by atoms with Crippen LogP contribution >= 0.6 is 0 Å². The Bertz CT molecular complexity index is 878. The summed E-state index contributed by atoms with van der Waals surface area (Å²) < 4.78 is 12.8. The first-order chi connectivity index (χ1) is 10.0. The average Bonchev–Trinajstić information content (AvgIpc) is 2.79. The Labute approximate surface area is 118 Å². The molecule has 0 radical (unpaired) electrons. The van der Waals surface area contributed by atoms with Gasteiger partial charge in [0.2, 0.25) is 0 Å². The summed E-state index contributed by atoms with van der Waals surface area (Å²) >= 11 is 0. The van der Waals surface area contributed by atoms with E-state index in [1.807, 2.05) is 6.92 Å². The number of aromatic nitrogens is 2. The molecule has 3 rings (SSSR count). The molecule has 106 valence electrons. The topological polar surface area (TPSA) is 77.8 Å². The van der Waals surface area contributed by atoms with Crippen LogP contribution in [-0.4, -0.2) is 15.9 Å². The number of nitrogens with one attached hydrogen (secondary N) is 3. The molecule has 0 saturated carbocycles. The number of hydrogen-bond acceptors (Lipinski definition) is 2. The Balaban J connectivity index is 1.93. The van der Waals surface area contributed by atoms with Crippen molar-refractivity contribution in [3.05, 3.63) is 63.8 Å². The first-order valence-electron chi connectivity index (χ1n) is 6.32. The number of aryl methyl sites for hydroxylation is 1. The van der Waals surface area contributed by atoms with E-state index in [-0.39, 0.29) is 11.6 Å². The fourth-order valence-corrected chi connectivity index (χ4v) is 2.12. The maximum absolute atomic E-state index is 12.8. The minimum Gasteiger partial charge on any atom is -0.322 e. The van der Waals surface area contributed by atoms with Crippen molar-refractivity contribution in [1.29, 1.82) is 0 Å². The molecule has 3 aromatic rings. The van der Waals surface area contributed by atoms with Gasteiger partial charge in [-0.1, -0.05) is 0 Å². The van der Waals surface area contributed by atoms with Crippen LogP contribution in [0.5, 0.6) is 0 Å². The van der Waals surface area contributed by atoms with Crippen molar-refractivity contribution in [1.82, 2.24) is 9.97 Å². The zero-order valence-corrected chi connectivity index (χ0v) is 11.2. The van der Waals surface area contributed by atoms with Crippen molar-refractivity contribution in [3.8, 4) is 0 Å². The number of imidazole rings is 1. The molecule has 0 atom stereocenters. The molecule has 2 aromatic carbocycles. The minimum atomic E-state index is -0.394. The number of rotatable bonds is 2. The van der Waals surface area contributed by atoms with Crippen LogP contribution in [0.1, 0.15) is 15.9 Å². The SMILES string of the molecule is Cc1cc2[nH]c(=O)[nH]c2cc1NC(=O)c1ccc(F)cc1. The van der Waals surface area contributed by atoms with Crippen LogP contribution < -0.4 is 11.0 Å². The highest BCUT2D eigenvalue weighted by Crippen LogP contribution is 2.21. The monoisotopic (exact) mass is 285 g/mol. The average molecular weight is 285 g/mol. The van der Waals surface area contributed by atoms with Gasteiger partial charge in [-0.25, -0.2) is 9.18 Å². The minimum absolute atomic E-state index is 0.300. The zero-order valence-electron chi connectivity index (χ0n) is 11.2. The number of hydrogen-bond donors (Lipinski definition) is 3. The van der Waals surface area contributed by atoms with E-state index in [0.29, 0.717) is 22.3 Å². The summed E-state index contributed by atoms with van der Waals surface area (Å²) in [6.45, 7) is 1.82. The number of fused-ring (bicyclic) bond motifs is 1. The third-order valence-corrected chi connectivity index (χ3v) is 3.22. The molecule has 0 saturated heterocycles. The molecule has 0 aliphatic heterocycles. The van der Waals surface area contributed by atoms with Gasteiger partial charge in [-0.3, -0.25) is 4.79 Å². The summed E-state index contributed by atoms with van der Waals surface area (Å²) in [6, 6.07) is 8.74. The van der Waals surface area contributed by atoms with E-state index in [9.17, 15) is 14.0 Å². The second-order valence-electron chi connectivity index (χ2n) is 4.75. The van der Waals surface area contributed by atoms with Crippen LogP contribution in [0.15, 0.2) is 41.2 Å². The lowest BCUT2D eigenvalue weighted by molar-refractivity contribution is 0.102. The number of amides is 1. The molecular weight excluding hydrogens is 273 g/mol. The van der Waals surface area contributed by atoms with Gasteiger partial charge >= 0.3 is 5.69 Å². The van der Waals surface area contributed by atoms with Crippen molar-refractivity contribution >= 4 is 22.6 Å². The molecule has 0 aliphatic rings. The summed E-state index contributed by atoms with van der Waals surface area (Å²) in [5.41, 5.74) is 2.75. The number of aromatic amines is 2. The number of halogens is 1. The molecule has 6 heteroatoms. The standard InChI is InChI=1S/C15H12FN3O2/c1-8-6-12-13(19-15(21)18-12)7-11(8)17-14(20)9-2-4-10(16)5-3-9/h2-7H,1H3,(H,17,20)(H2,18,19,21). The Kier molecular flexibility index (Phi) is 3.06. The number of benzene rings is 2. The lowest BCUT2D eigenvalue weighted by Gasteiger charge is -2.08. The predicted molar refractivity (Wildman–Crippen MR) is 78.0 cm³/mol. The lowest BCUT2D eigenvalue weighted by Crippen LogP contribution is -2.12. The summed E-state index contributed by atoms with van der Waals surface area (Å²) in [5.74, 6) is -0.732. The number of carbonyl (C=O) groups excluding carboxylic acids is 1. The highest BCUT2D eigenvalue weighted by molar-refractivity contribution is 6.05. The van der Waals surface area contributed by atoms with Crippen LogP contribution in [0.2, 0.25) is 0 Å². The number of H-pyrrole nitrogens is 2. The summed E-state index contributed by atoms with van der Waals surface area (Å²) in [5, 5.41) is 2.75. The largest absolute Gasteiger partial charge is 0.323 e. The highest BCUT2D eigenvalue weighted by atomic mass is 19.1. The number of anilines is 1. The molecular formula is C15H12FN3O2. The third kappa shape index (κ3) is 2.55. The molecule has 0 fully saturated rings. The first-order valence-corrected chi connectivity index (χ1v) is 6.32. The first kappa shape index (κ1) is 13.1. The molecule has 0 bridgehead atoms. The predicted octanol–water partition coefficient (Wildman–Crippen LogP) is 2.56. The maximum Gasteiger partial charge on any atom is 0.323 e. The van der Waals surface area contributed by atoms with E-state index in [1.54, 1.807) is 12.1 Å². The van der Waals surface area contributed by atoms with Gasteiger partial charge in [0, 0.05) is 11.3 Å². The van der Waals surface area contributed by atoms with Crippen molar-refractivity contribution < 1.29 is 9.18 Å². The van der Waals surface area contributed by atoms with E-state index in [2.05, 4.69) is 15.3 Å². The van der Waals surface area contributed by atoms with Crippen molar-refractivity contribution in [2.45, 2.75) is 6.92 Å². The lowest BCUT2D eigenvalue weighted by atomic mass is 10.1. The third-order valence-electron chi connectivity index (χ3n) is 3.22. The van der Waals surface area contributed by atoms with Crippen LogP contribution in [0.4, 0.5) is 10.1 Å². The maximum atomic E-state index is 12.8. The van der Waals surface area contributed by atoms with E-state index in [0.717, 1.165) is 5.56 Å². The molecule has 3 N–H and O–H groups in total. The van der Waals surface area contributed by atoms with Crippen LogP contribution in [0, 0.1) is 12.7 Å². The number of carbonyl (C=O) groups is 1. The molecule has 21 heavy (non-hydrogen) atoms. The van der Waals surface area contributed by atoms with E-state index >= 15 is 0 Å². The molecule has 1 aromatic heterocycles. The Morgan fingerprint density at radius 2 is 1.71 bits per heavy atom. The fraction of sp³-hybridized carbons (Fsp3) is 0.0667. The van der Waals surface area contributed by atoms with Gasteiger partial charge in [-0.2, -0.15) is 0 Å². The van der Waals surface area contributed by atoms with Gasteiger partial charge in [0.05, 0.1) is 11.0 Å². The Morgan fingerprint density at radius 3 is 2.38 bits per heavy atom. The van der Waals surface area contributed by atoms with Gasteiger partial charge in [0.1, 0.15) is 5.82 Å². The van der Waals surface area contributed by atoms with Gasteiger partial charge in [-0.15, -0.1) is 0 Å². The van der Waals surface area contributed by atoms with Gasteiger partial charge in [0.15, 0.2) is 0 Å². The van der Waals surface area contributed by atoms with Gasteiger partial charge in [0.25, 0.3) is 5.91 Å². The van der Waals surface area contributed by atoms with Crippen LogP contribution in [0.25, 0.3) is 11.0 Å². The van der Waals surface area contributed by atoms with Gasteiger partial charge < -0.3 is 15.3 Å². The second kappa shape index (κ2) is 4.90. The molecule has 1 heterocycles. The van der Waals surface area contributed by atoms with E-state index < -0.39 is 5.82 Å². The molecule has 0 unspecified atom stereocenters. The quantitative estimate of drug-likeness (QED) is 0.676. The zero-order chi connectivity index (χ0) is 15.0. The summed E-state index contributed by atoms with van der Waals surface area (Å²) in [7, 11) is 0. The molecule has 0 aliphatic carbocycles. The fourth-order valence-electron chi connectivity index (χ4n) is 2.12. The Morgan fingerprint density at radius 1 is 1.10 bits per heavy atom. The smallest absolute Gasteiger partial charge is 0.322 e. The van der Waals surface area contributed by atoms with Crippen molar-refractivity contribution in [3.63, 3.8) is 0 Å². The van der Waals surface area contributed by atoms with Gasteiger partial charge in [-0.05, 0) is 48.9 Å². The van der Waals surface area contributed by atoms with Crippen LogP contribution in [-0.2, 0) is 0 Å². The summed E-state index contributed by atoms with van der Waals surface area (Å²) in [4.78, 5) is 28.6. The highest BCUT2D eigenvalue weighted by Gasteiger charge is 2.10. The second-order valence-corrected chi connectivity index (χ2v) is 4.75. The molecule has 1 amide bonds. The van der Waals surface area contributed by atoms with Crippen LogP contribution in [0.3, 0.4) is 0 Å². The van der Waals surface area contributed by atoms with E-state index in [4.69, 9.17) is 0 Å². The molecule has 0 spiro atoms. The normalized spacial score (nSPS) is 10.8. The van der Waals surface area contributed by atoms with Crippen molar-refractivity contribution in [2.24, 2.45) is 0 Å². The van der Waals surface area contributed by atoms with Crippen molar-refractivity contribution in [2.75, 3.05) is 5.32 Å². The molecule has 5 nitrogen and oxygen atoms in total. The summed E-state index contributed by atoms with van der Waals surface area (Å²) in [6.07, 6.45) is 0.